The van der Waals surface area contributed by atoms with Crippen molar-refractivity contribution in [2.24, 2.45) is 0 Å². The molecule has 0 unspecified atom stereocenters. The number of halogens is 1. The van der Waals surface area contributed by atoms with Crippen LogP contribution in [0.25, 0.3) is 0 Å². The summed E-state index contributed by atoms with van der Waals surface area (Å²) in [5.41, 5.74) is 2.87. The molecule has 1 aliphatic heterocycles. The number of nitrogens with zero attached hydrogens (tertiary/aromatic N) is 2. The van der Waals surface area contributed by atoms with Gasteiger partial charge in [-0.2, -0.15) is 0 Å². The fraction of sp³-hybridized carbons (Fsp3) is 0.333. The highest BCUT2D eigenvalue weighted by atomic mass is 19.1. The molecule has 2 aromatic carbocycles. The first kappa shape index (κ1) is 19.8. The molecule has 0 spiro atoms. The summed E-state index contributed by atoms with van der Waals surface area (Å²) in [5, 5.41) is 2.88. The van der Waals surface area contributed by atoms with Gasteiger partial charge in [-0.15, -0.1) is 0 Å². The third kappa shape index (κ3) is 4.86. The number of rotatable bonds is 5. The maximum atomic E-state index is 13.1. The lowest BCUT2D eigenvalue weighted by molar-refractivity contribution is -0.117. The summed E-state index contributed by atoms with van der Waals surface area (Å²) in [6.45, 7) is 5.18. The van der Waals surface area contributed by atoms with Gasteiger partial charge in [-0.05, 0) is 48.9 Å². The van der Waals surface area contributed by atoms with Crippen molar-refractivity contribution in [3.63, 3.8) is 0 Å². The van der Waals surface area contributed by atoms with Gasteiger partial charge in [0.2, 0.25) is 5.91 Å². The highest BCUT2D eigenvalue weighted by molar-refractivity contribution is 5.96. The van der Waals surface area contributed by atoms with Crippen molar-refractivity contribution in [2.75, 3.05) is 50.1 Å². The van der Waals surface area contributed by atoms with Gasteiger partial charge >= 0.3 is 5.97 Å². The molecular weight excluding hydrogens is 361 g/mol. The van der Waals surface area contributed by atoms with Crippen LogP contribution in [0.5, 0.6) is 0 Å². The molecule has 0 atom stereocenters. The molecule has 1 amide bonds. The molecule has 1 heterocycles. The second-order valence-corrected chi connectivity index (χ2v) is 6.81. The molecule has 1 fully saturated rings. The van der Waals surface area contributed by atoms with E-state index in [2.05, 4.69) is 15.1 Å². The number of nitrogens with one attached hydrogen (secondary N) is 1. The quantitative estimate of drug-likeness (QED) is 0.802. The number of piperazine rings is 1. The second kappa shape index (κ2) is 8.84. The summed E-state index contributed by atoms with van der Waals surface area (Å²) in [6.07, 6.45) is 0. The van der Waals surface area contributed by atoms with Crippen LogP contribution in [0.3, 0.4) is 0 Å². The highest BCUT2D eigenvalue weighted by Crippen LogP contribution is 2.19. The number of benzene rings is 2. The van der Waals surface area contributed by atoms with Crippen LogP contribution in [0.2, 0.25) is 0 Å². The molecule has 6 nitrogen and oxygen atoms in total. The van der Waals surface area contributed by atoms with Gasteiger partial charge in [0, 0.05) is 37.6 Å². The molecule has 148 valence electrons. The van der Waals surface area contributed by atoms with E-state index in [4.69, 9.17) is 4.74 Å². The summed E-state index contributed by atoms with van der Waals surface area (Å²) in [4.78, 5) is 28.4. The number of hydrogen-bond donors (Lipinski definition) is 1. The number of carbonyl (C=O) groups is 2. The van der Waals surface area contributed by atoms with E-state index >= 15 is 0 Å². The molecule has 3 rings (SSSR count). The number of carbonyl (C=O) groups excluding carboxylic acids is 2. The molecule has 1 aliphatic rings. The zero-order valence-corrected chi connectivity index (χ0v) is 16.1. The monoisotopic (exact) mass is 385 g/mol. The van der Waals surface area contributed by atoms with Crippen molar-refractivity contribution in [2.45, 2.75) is 6.92 Å². The predicted octanol–water partition coefficient (Wildman–Crippen LogP) is 2.68. The Bertz CT molecular complexity index is 846. The predicted molar refractivity (Wildman–Crippen MR) is 106 cm³/mol. The van der Waals surface area contributed by atoms with Gasteiger partial charge in [0.1, 0.15) is 5.82 Å². The summed E-state index contributed by atoms with van der Waals surface area (Å²) < 4.78 is 17.8. The Morgan fingerprint density at radius 3 is 2.39 bits per heavy atom. The Balaban J connectivity index is 1.53. The van der Waals surface area contributed by atoms with Gasteiger partial charge in [0.05, 0.1) is 19.2 Å². The molecular formula is C21H24FN3O3. The molecule has 0 bridgehead atoms. The van der Waals surface area contributed by atoms with E-state index in [9.17, 15) is 14.0 Å². The van der Waals surface area contributed by atoms with Crippen LogP contribution in [0.4, 0.5) is 15.8 Å². The summed E-state index contributed by atoms with van der Waals surface area (Å²) >= 11 is 0. The Morgan fingerprint density at radius 1 is 1.07 bits per heavy atom. The SMILES string of the molecule is COC(=O)c1ccc(C)c(NC(=O)CN2CCN(c3ccc(F)cc3)CC2)c1. The minimum atomic E-state index is -0.438. The maximum absolute atomic E-state index is 13.1. The molecule has 1 saturated heterocycles. The van der Waals surface area contributed by atoms with Crippen molar-refractivity contribution in [3.8, 4) is 0 Å². The zero-order valence-electron chi connectivity index (χ0n) is 16.1. The van der Waals surface area contributed by atoms with E-state index in [1.165, 1.54) is 19.2 Å². The van der Waals surface area contributed by atoms with Gasteiger partial charge in [0.15, 0.2) is 0 Å². The lowest BCUT2D eigenvalue weighted by Gasteiger charge is -2.35. The van der Waals surface area contributed by atoms with E-state index < -0.39 is 5.97 Å². The van der Waals surface area contributed by atoms with Gasteiger partial charge < -0.3 is 15.0 Å². The van der Waals surface area contributed by atoms with Crippen molar-refractivity contribution >= 4 is 23.3 Å². The standard InChI is InChI=1S/C21H24FN3O3/c1-15-3-4-16(21(27)28-2)13-19(15)23-20(26)14-24-9-11-25(12-10-24)18-7-5-17(22)6-8-18/h3-8,13H,9-12,14H2,1-2H3,(H,23,26). The van der Waals surface area contributed by atoms with Gasteiger partial charge in [-0.1, -0.05) is 6.07 Å². The third-order valence-electron chi connectivity index (χ3n) is 4.86. The average Bonchev–Trinajstić information content (AvgIpc) is 2.70. The molecule has 0 aliphatic carbocycles. The Labute approximate surface area is 163 Å². The van der Waals surface area contributed by atoms with Gasteiger partial charge in [0.25, 0.3) is 0 Å². The van der Waals surface area contributed by atoms with Crippen LogP contribution in [0.1, 0.15) is 15.9 Å². The minimum absolute atomic E-state index is 0.125. The topological polar surface area (TPSA) is 61.9 Å². The maximum Gasteiger partial charge on any atom is 0.337 e. The van der Waals surface area contributed by atoms with Crippen LogP contribution in [0.15, 0.2) is 42.5 Å². The summed E-state index contributed by atoms with van der Waals surface area (Å²) in [6, 6.07) is 11.5. The molecule has 0 saturated carbocycles. The number of amides is 1. The Morgan fingerprint density at radius 2 is 1.75 bits per heavy atom. The van der Waals surface area contributed by atoms with Crippen molar-refractivity contribution in [3.05, 3.63) is 59.4 Å². The lowest BCUT2D eigenvalue weighted by atomic mass is 10.1. The van der Waals surface area contributed by atoms with E-state index in [-0.39, 0.29) is 18.3 Å². The smallest absolute Gasteiger partial charge is 0.337 e. The van der Waals surface area contributed by atoms with Crippen LogP contribution in [-0.4, -0.2) is 56.6 Å². The number of ether oxygens (including phenoxy) is 1. The Hall–Kier alpha value is -2.93. The second-order valence-electron chi connectivity index (χ2n) is 6.81. The van der Waals surface area contributed by atoms with E-state index in [0.29, 0.717) is 11.3 Å². The van der Waals surface area contributed by atoms with Gasteiger partial charge in [-0.25, -0.2) is 9.18 Å². The number of esters is 1. The largest absolute Gasteiger partial charge is 0.465 e. The normalized spacial score (nSPS) is 14.6. The molecule has 0 radical (unpaired) electrons. The lowest BCUT2D eigenvalue weighted by Crippen LogP contribution is -2.48. The molecule has 2 aromatic rings. The fourth-order valence-corrected chi connectivity index (χ4v) is 3.21. The number of hydrogen-bond acceptors (Lipinski definition) is 5. The van der Waals surface area contributed by atoms with E-state index in [0.717, 1.165) is 37.4 Å². The molecule has 7 heteroatoms. The summed E-state index contributed by atoms with van der Waals surface area (Å²) in [5.74, 6) is -0.807. The molecule has 28 heavy (non-hydrogen) atoms. The first-order valence-corrected chi connectivity index (χ1v) is 9.18. The highest BCUT2D eigenvalue weighted by Gasteiger charge is 2.20. The van der Waals surface area contributed by atoms with Crippen LogP contribution in [0, 0.1) is 12.7 Å². The third-order valence-corrected chi connectivity index (χ3v) is 4.86. The first-order valence-electron chi connectivity index (χ1n) is 9.18. The van der Waals surface area contributed by atoms with Crippen LogP contribution in [-0.2, 0) is 9.53 Å². The van der Waals surface area contributed by atoms with E-state index in [1.54, 1.807) is 30.3 Å². The van der Waals surface area contributed by atoms with Crippen molar-refractivity contribution in [1.29, 1.82) is 0 Å². The minimum Gasteiger partial charge on any atom is -0.465 e. The van der Waals surface area contributed by atoms with Crippen molar-refractivity contribution < 1.29 is 18.7 Å². The number of anilines is 2. The Kier molecular flexibility index (Phi) is 6.26. The van der Waals surface area contributed by atoms with Crippen LogP contribution < -0.4 is 10.2 Å². The molecule has 0 aromatic heterocycles. The zero-order chi connectivity index (χ0) is 20.1. The van der Waals surface area contributed by atoms with Crippen molar-refractivity contribution in [1.82, 2.24) is 4.90 Å². The number of aryl methyl sites for hydroxylation is 1. The first-order chi connectivity index (χ1) is 13.5. The average molecular weight is 385 g/mol. The van der Waals surface area contributed by atoms with Gasteiger partial charge in [-0.3, -0.25) is 9.69 Å². The van der Waals surface area contributed by atoms with E-state index in [1.807, 2.05) is 6.92 Å². The number of methoxy groups -OCH3 is 1. The van der Waals surface area contributed by atoms with Crippen LogP contribution >= 0.6 is 0 Å². The fourth-order valence-electron chi connectivity index (χ4n) is 3.21. The molecule has 1 N–H and O–H groups in total. The summed E-state index contributed by atoms with van der Waals surface area (Å²) in [7, 11) is 1.33.